The zero-order valence-corrected chi connectivity index (χ0v) is 17.5. The predicted molar refractivity (Wildman–Crippen MR) is 116 cm³/mol. The number of likely N-dealkylation sites (N-methyl/N-ethyl adjacent to an activating group) is 1. The molecule has 1 saturated heterocycles. The lowest BCUT2D eigenvalue weighted by Crippen LogP contribution is -2.36. The maximum atomic E-state index is 13.1. The molecule has 2 aromatic rings. The molecule has 0 radical (unpaired) electrons. The molecule has 1 N–H and O–H groups in total. The number of nitro groups is 1. The van der Waals surface area contributed by atoms with Gasteiger partial charge in [-0.25, -0.2) is 0 Å². The molecule has 2 amide bonds. The monoisotopic (exact) mass is 410 g/mol. The first kappa shape index (κ1) is 21.3. The Morgan fingerprint density at radius 1 is 1.17 bits per heavy atom. The van der Waals surface area contributed by atoms with Gasteiger partial charge in [0.15, 0.2) is 0 Å². The maximum absolute atomic E-state index is 13.1. The van der Waals surface area contributed by atoms with Gasteiger partial charge < -0.3 is 15.1 Å². The number of carbonyl (C=O) groups excluding carboxylic acids is 2. The number of anilines is 2. The van der Waals surface area contributed by atoms with Gasteiger partial charge in [0, 0.05) is 38.0 Å². The van der Waals surface area contributed by atoms with Gasteiger partial charge in [0.2, 0.25) is 5.91 Å². The second kappa shape index (κ2) is 8.94. The van der Waals surface area contributed by atoms with Crippen molar-refractivity contribution >= 4 is 28.9 Å². The van der Waals surface area contributed by atoms with E-state index in [1.165, 1.54) is 24.1 Å². The van der Waals surface area contributed by atoms with E-state index < -0.39 is 10.8 Å². The Hall–Kier alpha value is -3.42. The minimum absolute atomic E-state index is 0.144. The molecule has 0 spiro atoms. The molecule has 2 aromatic carbocycles. The van der Waals surface area contributed by atoms with Crippen LogP contribution in [0.25, 0.3) is 0 Å². The van der Waals surface area contributed by atoms with Gasteiger partial charge in [0.05, 0.1) is 22.7 Å². The van der Waals surface area contributed by atoms with Crippen molar-refractivity contribution in [2.45, 2.75) is 26.7 Å². The van der Waals surface area contributed by atoms with Crippen LogP contribution in [0.4, 0.5) is 17.1 Å². The van der Waals surface area contributed by atoms with E-state index in [1.807, 2.05) is 32.0 Å². The molecule has 3 rings (SSSR count). The summed E-state index contributed by atoms with van der Waals surface area (Å²) in [4.78, 5) is 39.7. The van der Waals surface area contributed by atoms with Gasteiger partial charge >= 0.3 is 0 Å². The highest BCUT2D eigenvalue weighted by Crippen LogP contribution is 2.29. The minimum Gasteiger partial charge on any atom is -0.371 e. The lowest BCUT2D eigenvalue weighted by molar-refractivity contribution is -0.384. The van der Waals surface area contributed by atoms with E-state index in [2.05, 4.69) is 10.2 Å². The van der Waals surface area contributed by atoms with Crippen molar-refractivity contribution in [2.24, 2.45) is 0 Å². The molecule has 1 aliphatic heterocycles. The molecule has 8 heteroatoms. The van der Waals surface area contributed by atoms with Crippen molar-refractivity contribution in [3.63, 3.8) is 0 Å². The first-order chi connectivity index (χ1) is 14.3. The van der Waals surface area contributed by atoms with Gasteiger partial charge in [-0.3, -0.25) is 19.7 Å². The van der Waals surface area contributed by atoms with Gasteiger partial charge in [-0.15, -0.1) is 0 Å². The van der Waals surface area contributed by atoms with Crippen LogP contribution in [-0.2, 0) is 4.79 Å². The van der Waals surface area contributed by atoms with E-state index in [1.54, 1.807) is 6.07 Å². The number of amides is 2. The first-order valence-corrected chi connectivity index (χ1v) is 9.93. The van der Waals surface area contributed by atoms with E-state index in [0.29, 0.717) is 11.4 Å². The van der Waals surface area contributed by atoms with Crippen LogP contribution in [0.15, 0.2) is 36.4 Å². The summed E-state index contributed by atoms with van der Waals surface area (Å²) >= 11 is 0. The predicted octanol–water partition coefficient (Wildman–Crippen LogP) is 3.52. The number of carbonyl (C=O) groups is 2. The number of hydrogen-bond donors (Lipinski definition) is 1. The Bertz CT molecular complexity index is 983. The molecular formula is C22H26N4O4. The fourth-order valence-corrected chi connectivity index (χ4v) is 3.61. The van der Waals surface area contributed by atoms with E-state index in [-0.39, 0.29) is 23.7 Å². The van der Waals surface area contributed by atoms with Gasteiger partial charge in [0.25, 0.3) is 11.6 Å². The third-order valence-corrected chi connectivity index (χ3v) is 5.47. The van der Waals surface area contributed by atoms with Crippen LogP contribution in [0.5, 0.6) is 0 Å². The zero-order valence-electron chi connectivity index (χ0n) is 17.5. The molecule has 8 nitrogen and oxygen atoms in total. The molecule has 0 atom stereocenters. The van der Waals surface area contributed by atoms with Crippen LogP contribution in [0.2, 0.25) is 0 Å². The van der Waals surface area contributed by atoms with Crippen LogP contribution >= 0.6 is 0 Å². The van der Waals surface area contributed by atoms with E-state index >= 15 is 0 Å². The second-order valence-corrected chi connectivity index (χ2v) is 7.61. The average Bonchev–Trinajstić information content (AvgIpc) is 3.25. The van der Waals surface area contributed by atoms with Crippen molar-refractivity contribution in [3.8, 4) is 0 Å². The lowest BCUT2D eigenvalue weighted by atomic mass is 10.1. The molecule has 1 heterocycles. The van der Waals surface area contributed by atoms with Crippen molar-refractivity contribution in [2.75, 3.05) is 36.9 Å². The average molecular weight is 410 g/mol. The van der Waals surface area contributed by atoms with Crippen LogP contribution in [0.1, 0.15) is 34.3 Å². The molecule has 1 aliphatic rings. The number of nitrogens with one attached hydrogen (secondary N) is 1. The molecule has 158 valence electrons. The van der Waals surface area contributed by atoms with Crippen LogP contribution in [0.3, 0.4) is 0 Å². The summed E-state index contributed by atoms with van der Waals surface area (Å²) in [6.07, 6.45) is 2.03. The van der Waals surface area contributed by atoms with Crippen LogP contribution in [-0.4, -0.2) is 48.3 Å². The number of hydrogen-bond acceptors (Lipinski definition) is 5. The number of non-ortho nitro benzene ring substituents is 1. The summed E-state index contributed by atoms with van der Waals surface area (Å²) in [6.45, 7) is 5.33. The van der Waals surface area contributed by atoms with Gasteiger partial charge in [-0.2, -0.15) is 0 Å². The smallest absolute Gasteiger partial charge is 0.270 e. The van der Waals surface area contributed by atoms with E-state index in [4.69, 9.17) is 0 Å². The van der Waals surface area contributed by atoms with Gasteiger partial charge in [-0.1, -0.05) is 12.1 Å². The summed E-state index contributed by atoms with van der Waals surface area (Å²) < 4.78 is 0. The molecular weight excluding hydrogens is 384 g/mol. The summed E-state index contributed by atoms with van der Waals surface area (Å²) in [5.41, 5.74) is 3.50. The Morgan fingerprint density at radius 3 is 2.53 bits per heavy atom. The number of benzene rings is 2. The molecule has 0 aromatic heterocycles. The van der Waals surface area contributed by atoms with Crippen molar-refractivity contribution < 1.29 is 14.5 Å². The SMILES string of the molecule is Cc1cccc(NC(=O)CN(C)C(=O)c2cc([N+](=O)[O-])ccc2N2CCCC2)c1C. The van der Waals surface area contributed by atoms with Crippen LogP contribution < -0.4 is 10.2 Å². The maximum Gasteiger partial charge on any atom is 0.270 e. The van der Waals surface area contributed by atoms with Gasteiger partial charge in [0.1, 0.15) is 0 Å². The highest BCUT2D eigenvalue weighted by molar-refractivity contribution is 6.03. The summed E-state index contributed by atoms with van der Waals surface area (Å²) in [5, 5.41) is 14.1. The minimum atomic E-state index is -0.516. The van der Waals surface area contributed by atoms with Crippen molar-refractivity contribution in [3.05, 3.63) is 63.2 Å². The lowest BCUT2D eigenvalue weighted by Gasteiger charge is -2.24. The Morgan fingerprint density at radius 2 is 1.87 bits per heavy atom. The molecule has 0 saturated carbocycles. The van der Waals surface area contributed by atoms with E-state index in [0.717, 1.165) is 37.1 Å². The highest BCUT2D eigenvalue weighted by Gasteiger charge is 2.25. The quantitative estimate of drug-likeness (QED) is 0.581. The molecule has 0 bridgehead atoms. The summed E-state index contributed by atoms with van der Waals surface area (Å²) in [7, 11) is 1.53. The number of rotatable bonds is 6. The Labute approximate surface area is 175 Å². The van der Waals surface area contributed by atoms with Gasteiger partial charge in [-0.05, 0) is 49.9 Å². The van der Waals surface area contributed by atoms with E-state index in [9.17, 15) is 19.7 Å². The summed E-state index contributed by atoms with van der Waals surface area (Å²) in [5.74, 6) is -0.746. The number of nitrogens with zero attached hydrogens (tertiary/aromatic N) is 3. The molecule has 0 unspecified atom stereocenters. The second-order valence-electron chi connectivity index (χ2n) is 7.61. The fraction of sp³-hybridized carbons (Fsp3) is 0.364. The standard InChI is InChI=1S/C22H26N4O4/c1-15-7-6-8-19(16(15)2)23-21(27)14-24(3)22(28)18-13-17(26(29)30)9-10-20(18)25-11-4-5-12-25/h6-10,13H,4-5,11-12,14H2,1-3H3,(H,23,27). The number of aryl methyl sites for hydroxylation is 1. The third-order valence-electron chi connectivity index (χ3n) is 5.47. The largest absolute Gasteiger partial charge is 0.371 e. The zero-order chi connectivity index (χ0) is 21.8. The fourth-order valence-electron chi connectivity index (χ4n) is 3.61. The molecule has 30 heavy (non-hydrogen) atoms. The third kappa shape index (κ3) is 4.59. The van der Waals surface area contributed by atoms with Crippen LogP contribution in [0, 0.1) is 24.0 Å². The summed E-state index contributed by atoms with van der Waals surface area (Å²) in [6, 6.07) is 9.97. The Balaban J connectivity index is 1.79. The molecule has 0 aliphatic carbocycles. The molecule has 1 fully saturated rings. The normalized spacial score (nSPS) is 13.2. The Kier molecular flexibility index (Phi) is 6.34. The van der Waals surface area contributed by atoms with Crippen molar-refractivity contribution in [1.82, 2.24) is 4.90 Å². The topological polar surface area (TPSA) is 95.8 Å². The first-order valence-electron chi connectivity index (χ1n) is 9.93. The number of nitro benzene ring substituents is 1. The van der Waals surface area contributed by atoms with Crippen molar-refractivity contribution in [1.29, 1.82) is 0 Å². The highest BCUT2D eigenvalue weighted by atomic mass is 16.6.